The van der Waals surface area contributed by atoms with E-state index in [0.717, 1.165) is 18.4 Å². The topological polar surface area (TPSA) is 45.8 Å². The van der Waals surface area contributed by atoms with Crippen LogP contribution in [0.15, 0.2) is 0 Å². The number of aromatic amines is 1. The van der Waals surface area contributed by atoms with E-state index in [4.69, 9.17) is 0 Å². The quantitative estimate of drug-likeness (QED) is 0.666. The molecule has 0 amide bonds. The van der Waals surface area contributed by atoms with E-state index in [0.29, 0.717) is 11.6 Å². The van der Waals surface area contributed by atoms with E-state index in [1.807, 2.05) is 0 Å². The number of H-pyrrole nitrogens is 1. The van der Waals surface area contributed by atoms with Crippen molar-refractivity contribution in [3.8, 4) is 0 Å². The van der Waals surface area contributed by atoms with Gasteiger partial charge >= 0.3 is 0 Å². The van der Waals surface area contributed by atoms with Crippen LogP contribution in [0.25, 0.3) is 0 Å². The van der Waals surface area contributed by atoms with Crippen molar-refractivity contribution in [3.63, 3.8) is 0 Å². The van der Waals surface area contributed by atoms with Crippen molar-refractivity contribution in [1.29, 1.82) is 0 Å². The number of hydrogen-bond acceptors (Lipinski definition) is 2. The van der Waals surface area contributed by atoms with Crippen molar-refractivity contribution in [2.75, 3.05) is 0 Å². The first-order chi connectivity index (χ1) is 6.18. The number of hydrogen-bond donors (Lipinski definition) is 1. The van der Waals surface area contributed by atoms with E-state index in [2.05, 4.69) is 17.1 Å². The zero-order valence-corrected chi connectivity index (χ0v) is 8.05. The lowest BCUT2D eigenvalue weighted by molar-refractivity contribution is 0.101. The maximum absolute atomic E-state index is 11.2. The van der Waals surface area contributed by atoms with Crippen molar-refractivity contribution in [2.45, 2.75) is 33.1 Å². The van der Waals surface area contributed by atoms with Gasteiger partial charge in [0.1, 0.15) is 5.69 Å². The Bertz CT molecular complexity index is 341. The van der Waals surface area contributed by atoms with E-state index in [-0.39, 0.29) is 5.78 Å². The summed E-state index contributed by atoms with van der Waals surface area (Å²) in [6, 6.07) is 0. The lowest BCUT2D eigenvalue weighted by atomic mass is 9.88. The molecule has 0 fully saturated rings. The lowest BCUT2D eigenvalue weighted by Crippen LogP contribution is -2.12. The summed E-state index contributed by atoms with van der Waals surface area (Å²) in [7, 11) is 0. The van der Waals surface area contributed by atoms with Crippen molar-refractivity contribution < 1.29 is 4.79 Å². The molecule has 3 nitrogen and oxygen atoms in total. The number of Topliss-reactive ketones (excluding diaryl/α,β-unsaturated/α-hetero) is 1. The Kier molecular flexibility index (Phi) is 1.94. The first kappa shape index (κ1) is 8.48. The molecule has 1 unspecified atom stereocenters. The average molecular weight is 178 g/mol. The number of fused-ring (bicyclic) bond motifs is 1. The molecule has 0 aromatic carbocycles. The Morgan fingerprint density at radius 1 is 1.62 bits per heavy atom. The third-order valence-electron chi connectivity index (χ3n) is 2.73. The molecule has 1 aromatic rings. The predicted molar refractivity (Wildman–Crippen MR) is 49.8 cm³/mol. The van der Waals surface area contributed by atoms with Crippen LogP contribution >= 0.6 is 0 Å². The zero-order chi connectivity index (χ0) is 9.42. The maximum atomic E-state index is 11.2. The summed E-state index contributed by atoms with van der Waals surface area (Å²) in [6.45, 7) is 3.81. The lowest BCUT2D eigenvalue weighted by Gasteiger charge is -2.17. The number of carbonyl (C=O) groups excluding carboxylic acids is 1. The minimum absolute atomic E-state index is 0.0760. The largest absolute Gasteiger partial charge is 0.293 e. The first-order valence-corrected chi connectivity index (χ1v) is 4.75. The third kappa shape index (κ3) is 1.39. The fraction of sp³-hybridized carbons (Fsp3) is 0.600. The van der Waals surface area contributed by atoms with Gasteiger partial charge in [0.05, 0.1) is 0 Å². The Morgan fingerprint density at radius 3 is 3.08 bits per heavy atom. The van der Waals surface area contributed by atoms with Gasteiger partial charge in [-0.3, -0.25) is 9.89 Å². The highest BCUT2D eigenvalue weighted by molar-refractivity contribution is 5.93. The molecule has 1 heterocycles. The summed E-state index contributed by atoms with van der Waals surface area (Å²) in [4.78, 5) is 11.2. The fourth-order valence-corrected chi connectivity index (χ4v) is 1.97. The summed E-state index contributed by atoms with van der Waals surface area (Å²) in [5.41, 5.74) is 2.98. The van der Waals surface area contributed by atoms with Crippen molar-refractivity contribution >= 4 is 5.78 Å². The summed E-state index contributed by atoms with van der Waals surface area (Å²) in [5.74, 6) is 0.791. The van der Waals surface area contributed by atoms with Crippen LogP contribution in [0.5, 0.6) is 0 Å². The summed E-state index contributed by atoms with van der Waals surface area (Å²) < 4.78 is 0. The van der Waals surface area contributed by atoms with Crippen LogP contribution in [0.2, 0.25) is 0 Å². The van der Waals surface area contributed by atoms with Gasteiger partial charge in [0.25, 0.3) is 0 Å². The van der Waals surface area contributed by atoms with Crippen LogP contribution in [0.4, 0.5) is 0 Å². The molecule has 70 valence electrons. The minimum Gasteiger partial charge on any atom is -0.293 e. The van der Waals surface area contributed by atoms with Crippen LogP contribution in [0.1, 0.15) is 42.0 Å². The molecule has 0 aliphatic heterocycles. The van der Waals surface area contributed by atoms with Crippen LogP contribution < -0.4 is 0 Å². The van der Waals surface area contributed by atoms with Gasteiger partial charge in [-0.25, -0.2) is 0 Å². The molecule has 0 saturated carbocycles. The zero-order valence-electron chi connectivity index (χ0n) is 8.05. The standard InChI is InChI=1S/C10H14N2O/c1-6-3-4-8-9(5-6)11-12-10(8)7(2)13/h6H,3-5H2,1-2H3,(H,11,12). The monoisotopic (exact) mass is 178 g/mol. The Hall–Kier alpha value is -1.12. The van der Waals surface area contributed by atoms with E-state index >= 15 is 0 Å². The van der Waals surface area contributed by atoms with Crippen LogP contribution in [-0.4, -0.2) is 16.0 Å². The average Bonchev–Trinajstić information content (AvgIpc) is 2.46. The van der Waals surface area contributed by atoms with Crippen molar-refractivity contribution in [1.82, 2.24) is 10.2 Å². The molecule has 0 saturated heterocycles. The van der Waals surface area contributed by atoms with Crippen molar-refractivity contribution in [3.05, 3.63) is 17.0 Å². The second-order valence-corrected chi connectivity index (χ2v) is 3.93. The molecule has 0 spiro atoms. The highest BCUT2D eigenvalue weighted by Crippen LogP contribution is 2.25. The highest BCUT2D eigenvalue weighted by Gasteiger charge is 2.22. The molecule has 1 aromatic heterocycles. The maximum Gasteiger partial charge on any atom is 0.180 e. The fourth-order valence-electron chi connectivity index (χ4n) is 1.97. The molecular formula is C10H14N2O. The number of nitrogens with one attached hydrogen (secondary N) is 1. The Labute approximate surface area is 77.5 Å². The number of nitrogens with zero attached hydrogens (tertiary/aromatic N) is 1. The molecule has 1 aliphatic rings. The first-order valence-electron chi connectivity index (χ1n) is 4.75. The van der Waals surface area contributed by atoms with Crippen LogP contribution in [-0.2, 0) is 12.8 Å². The molecular weight excluding hydrogens is 164 g/mol. The van der Waals surface area contributed by atoms with E-state index in [1.165, 1.54) is 12.1 Å². The summed E-state index contributed by atoms with van der Waals surface area (Å²) in [6.07, 6.45) is 3.21. The molecule has 2 rings (SSSR count). The molecule has 1 N–H and O–H groups in total. The number of rotatable bonds is 1. The van der Waals surface area contributed by atoms with Gasteiger partial charge in [-0.15, -0.1) is 0 Å². The predicted octanol–water partition coefficient (Wildman–Crippen LogP) is 1.74. The highest BCUT2D eigenvalue weighted by atomic mass is 16.1. The van der Waals surface area contributed by atoms with Gasteiger partial charge in [-0.05, 0) is 25.2 Å². The van der Waals surface area contributed by atoms with Gasteiger partial charge in [-0.1, -0.05) is 6.92 Å². The summed E-state index contributed by atoms with van der Waals surface area (Å²) in [5, 5.41) is 7.02. The van der Waals surface area contributed by atoms with Gasteiger partial charge in [0.2, 0.25) is 0 Å². The summed E-state index contributed by atoms with van der Waals surface area (Å²) >= 11 is 0. The van der Waals surface area contributed by atoms with Crippen LogP contribution in [0, 0.1) is 5.92 Å². The molecule has 13 heavy (non-hydrogen) atoms. The molecule has 0 bridgehead atoms. The minimum atomic E-state index is 0.0760. The van der Waals surface area contributed by atoms with Crippen molar-refractivity contribution in [2.24, 2.45) is 5.92 Å². The molecule has 0 radical (unpaired) electrons. The normalized spacial score (nSPS) is 21.2. The van der Waals surface area contributed by atoms with Gasteiger partial charge in [0, 0.05) is 18.2 Å². The second kappa shape index (κ2) is 2.98. The van der Waals surface area contributed by atoms with Gasteiger partial charge in [0.15, 0.2) is 5.78 Å². The number of carbonyl (C=O) groups is 1. The smallest absolute Gasteiger partial charge is 0.180 e. The molecule has 1 aliphatic carbocycles. The third-order valence-corrected chi connectivity index (χ3v) is 2.73. The second-order valence-electron chi connectivity index (χ2n) is 3.93. The Balaban J connectivity index is 2.39. The molecule has 1 atom stereocenters. The van der Waals surface area contributed by atoms with E-state index in [1.54, 1.807) is 6.92 Å². The number of ketones is 1. The van der Waals surface area contributed by atoms with E-state index in [9.17, 15) is 4.79 Å². The van der Waals surface area contributed by atoms with Gasteiger partial charge in [-0.2, -0.15) is 5.10 Å². The Morgan fingerprint density at radius 2 is 2.38 bits per heavy atom. The van der Waals surface area contributed by atoms with E-state index < -0.39 is 0 Å². The van der Waals surface area contributed by atoms with Crippen LogP contribution in [0.3, 0.4) is 0 Å². The SMILES string of the molecule is CC(=O)c1n[nH]c2c1CCC(C)C2. The number of aromatic nitrogens is 2. The molecule has 3 heteroatoms. The van der Waals surface area contributed by atoms with Gasteiger partial charge < -0.3 is 0 Å².